The first-order chi connectivity index (χ1) is 10.3. The summed E-state index contributed by atoms with van der Waals surface area (Å²) in [7, 11) is 1.59. The number of carbonyl (C=O) groups is 1. The first kappa shape index (κ1) is 13.8. The summed E-state index contributed by atoms with van der Waals surface area (Å²) < 4.78 is 5.11. The molecule has 2 aliphatic heterocycles. The average molecular weight is 289 g/mol. The van der Waals surface area contributed by atoms with Gasteiger partial charge in [-0.3, -0.25) is 10.1 Å². The Bertz CT molecular complexity index is 540. The number of anilines is 1. The van der Waals surface area contributed by atoms with Gasteiger partial charge in [0.2, 0.25) is 17.7 Å². The normalized spacial score (nSPS) is 21.7. The van der Waals surface area contributed by atoms with E-state index in [4.69, 9.17) is 4.74 Å². The molecule has 2 aliphatic rings. The first-order valence-corrected chi connectivity index (χ1v) is 7.09. The van der Waals surface area contributed by atoms with E-state index in [-0.39, 0.29) is 11.9 Å². The number of hydrogen-bond donors (Lipinski definition) is 1. The Balaban J connectivity index is 1.59. The maximum atomic E-state index is 12.3. The zero-order valence-corrected chi connectivity index (χ0v) is 12.0. The third-order valence-corrected chi connectivity index (χ3v) is 3.75. The summed E-state index contributed by atoms with van der Waals surface area (Å²) in [5.41, 5.74) is 0. The Morgan fingerprint density at radius 2 is 2.19 bits per heavy atom. The fraction of sp³-hybridized carbons (Fsp3) is 0.500. The molecule has 7 heteroatoms. The number of amides is 1. The number of piperazine rings is 1. The molecule has 21 heavy (non-hydrogen) atoms. The van der Waals surface area contributed by atoms with Crippen molar-refractivity contribution < 1.29 is 9.53 Å². The summed E-state index contributed by atoms with van der Waals surface area (Å²) in [5.74, 6) is 1.36. The molecule has 1 aromatic rings. The Labute approximate surface area is 123 Å². The minimum Gasteiger partial charge on any atom is -0.481 e. The zero-order chi connectivity index (χ0) is 14.7. The summed E-state index contributed by atoms with van der Waals surface area (Å²) in [6.45, 7) is 3.61. The molecule has 0 aliphatic carbocycles. The van der Waals surface area contributed by atoms with Crippen LogP contribution < -0.4 is 15.0 Å². The van der Waals surface area contributed by atoms with E-state index in [0.29, 0.717) is 24.9 Å². The number of nitrogens with one attached hydrogen (secondary N) is 1. The third-order valence-electron chi connectivity index (χ3n) is 3.75. The van der Waals surface area contributed by atoms with Crippen molar-refractivity contribution in [3.05, 3.63) is 24.4 Å². The number of rotatable bonds is 3. The Morgan fingerprint density at radius 3 is 2.86 bits per heavy atom. The third kappa shape index (κ3) is 2.97. The lowest BCUT2D eigenvalue weighted by molar-refractivity contribution is -0.132. The van der Waals surface area contributed by atoms with E-state index in [1.54, 1.807) is 19.4 Å². The summed E-state index contributed by atoms with van der Waals surface area (Å²) in [6, 6.07) is 1.56. The van der Waals surface area contributed by atoms with Crippen molar-refractivity contribution in [2.24, 2.45) is 0 Å². The smallest absolute Gasteiger partial charge is 0.243 e. The standard InChI is InChI=1S/C14H19N5O2/c1-21-12-4-6-16-14(17-12)19-9-7-18(8-10-19)13(20)11-3-2-5-15-11/h2-4,6,11,15H,5,7-10H2,1H3. The first-order valence-electron chi connectivity index (χ1n) is 7.09. The number of carbonyl (C=O) groups excluding carboxylic acids is 1. The van der Waals surface area contributed by atoms with Gasteiger partial charge >= 0.3 is 0 Å². The van der Waals surface area contributed by atoms with Crippen LogP contribution in [0.2, 0.25) is 0 Å². The van der Waals surface area contributed by atoms with Crippen LogP contribution in [-0.2, 0) is 4.79 Å². The highest BCUT2D eigenvalue weighted by atomic mass is 16.5. The Hall–Kier alpha value is -2.15. The monoisotopic (exact) mass is 289 g/mol. The summed E-state index contributed by atoms with van der Waals surface area (Å²) >= 11 is 0. The van der Waals surface area contributed by atoms with Crippen molar-refractivity contribution in [1.82, 2.24) is 20.2 Å². The number of aromatic nitrogens is 2. The van der Waals surface area contributed by atoms with Gasteiger partial charge in [0.05, 0.1) is 7.11 Å². The highest BCUT2D eigenvalue weighted by molar-refractivity contribution is 5.84. The van der Waals surface area contributed by atoms with Gasteiger partial charge < -0.3 is 14.5 Å². The predicted octanol–water partition coefficient (Wildman–Crippen LogP) is -0.338. The second kappa shape index (κ2) is 6.09. The van der Waals surface area contributed by atoms with Crippen molar-refractivity contribution in [3.63, 3.8) is 0 Å². The predicted molar refractivity (Wildman–Crippen MR) is 78.3 cm³/mol. The molecule has 1 amide bonds. The van der Waals surface area contributed by atoms with Crippen LogP contribution in [0.5, 0.6) is 5.88 Å². The molecule has 0 bridgehead atoms. The van der Waals surface area contributed by atoms with Gasteiger partial charge in [-0.2, -0.15) is 4.98 Å². The molecular weight excluding hydrogens is 270 g/mol. The van der Waals surface area contributed by atoms with Crippen LogP contribution in [0.15, 0.2) is 24.4 Å². The number of nitrogens with zero attached hydrogens (tertiary/aromatic N) is 4. The fourth-order valence-corrected chi connectivity index (χ4v) is 2.56. The zero-order valence-electron chi connectivity index (χ0n) is 12.0. The molecule has 3 rings (SSSR count). The number of hydrogen-bond acceptors (Lipinski definition) is 6. The molecule has 3 heterocycles. The topological polar surface area (TPSA) is 70.6 Å². The number of methoxy groups -OCH3 is 1. The van der Waals surface area contributed by atoms with Gasteiger partial charge in [0.25, 0.3) is 0 Å². The molecule has 1 atom stereocenters. The van der Waals surface area contributed by atoms with Gasteiger partial charge in [-0.15, -0.1) is 0 Å². The van der Waals surface area contributed by atoms with Gasteiger partial charge in [0.1, 0.15) is 6.04 Å². The second-order valence-electron chi connectivity index (χ2n) is 5.03. The molecule has 1 unspecified atom stereocenters. The largest absolute Gasteiger partial charge is 0.481 e. The minimum atomic E-state index is -0.162. The van der Waals surface area contributed by atoms with Gasteiger partial charge in [-0.05, 0) is 0 Å². The van der Waals surface area contributed by atoms with Gasteiger partial charge in [-0.1, -0.05) is 12.2 Å². The van der Waals surface area contributed by atoms with Crippen molar-refractivity contribution in [2.45, 2.75) is 6.04 Å². The van der Waals surface area contributed by atoms with E-state index in [1.807, 2.05) is 17.1 Å². The quantitative estimate of drug-likeness (QED) is 0.768. The summed E-state index contributed by atoms with van der Waals surface area (Å²) in [4.78, 5) is 24.8. The van der Waals surface area contributed by atoms with E-state index in [1.165, 1.54) is 0 Å². The van der Waals surface area contributed by atoms with Crippen molar-refractivity contribution in [1.29, 1.82) is 0 Å². The van der Waals surface area contributed by atoms with E-state index in [9.17, 15) is 4.79 Å². The lowest BCUT2D eigenvalue weighted by atomic mass is 10.2. The van der Waals surface area contributed by atoms with Crippen LogP contribution in [0.25, 0.3) is 0 Å². The van der Waals surface area contributed by atoms with E-state index in [0.717, 1.165) is 19.6 Å². The minimum absolute atomic E-state index is 0.148. The van der Waals surface area contributed by atoms with Crippen LogP contribution in [0.3, 0.4) is 0 Å². The molecule has 1 N–H and O–H groups in total. The summed E-state index contributed by atoms with van der Waals surface area (Å²) in [5, 5.41) is 3.15. The molecule has 1 fully saturated rings. The average Bonchev–Trinajstić information content (AvgIpc) is 3.09. The fourth-order valence-electron chi connectivity index (χ4n) is 2.56. The molecule has 112 valence electrons. The molecule has 0 spiro atoms. The van der Waals surface area contributed by atoms with E-state index >= 15 is 0 Å². The Morgan fingerprint density at radius 1 is 1.38 bits per heavy atom. The molecule has 0 radical (unpaired) electrons. The van der Waals surface area contributed by atoms with Gasteiger partial charge in [-0.25, -0.2) is 4.98 Å². The molecule has 0 aromatic carbocycles. The van der Waals surface area contributed by atoms with Crippen molar-refractivity contribution in [3.8, 4) is 5.88 Å². The van der Waals surface area contributed by atoms with E-state index < -0.39 is 0 Å². The number of ether oxygens (including phenoxy) is 1. The van der Waals surface area contributed by atoms with Crippen LogP contribution in [0.4, 0.5) is 5.95 Å². The molecule has 7 nitrogen and oxygen atoms in total. The lowest BCUT2D eigenvalue weighted by Gasteiger charge is -2.35. The van der Waals surface area contributed by atoms with Crippen molar-refractivity contribution in [2.75, 3.05) is 44.7 Å². The molecular formula is C14H19N5O2. The molecule has 1 saturated heterocycles. The maximum absolute atomic E-state index is 12.3. The second-order valence-corrected chi connectivity index (χ2v) is 5.03. The van der Waals surface area contributed by atoms with E-state index in [2.05, 4.69) is 20.2 Å². The van der Waals surface area contributed by atoms with Crippen LogP contribution in [0, 0.1) is 0 Å². The van der Waals surface area contributed by atoms with Gasteiger partial charge in [0, 0.05) is 45.0 Å². The summed E-state index contributed by atoms with van der Waals surface area (Å²) in [6.07, 6.45) is 5.61. The SMILES string of the molecule is COc1ccnc(N2CCN(C(=O)C3C=CCN3)CC2)n1. The van der Waals surface area contributed by atoms with Gasteiger partial charge in [0.15, 0.2) is 0 Å². The van der Waals surface area contributed by atoms with Crippen LogP contribution in [-0.4, -0.2) is 66.7 Å². The molecule has 0 saturated carbocycles. The van der Waals surface area contributed by atoms with Crippen molar-refractivity contribution >= 4 is 11.9 Å². The molecule has 1 aromatic heterocycles. The maximum Gasteiger partial charge on any atom is 0.243 e. The highest BCUT2D eigenvalue weighted by Gasteiger charge is 2.27. The lowest BCUT2D eigenvalue weighted by Crippen LogP contribution is -2.53. The van der Waals surface area contributed by atoms with Crippen LogP contribution in [0.1, 0.15) is 0 Å². The highest BCUT2D eigenvalue weighted by Crippen LogP contribution is 2.15. The van der Waals surface area contributed by atoms with Crippen LogP contribution >= 0.6 is 0 Å². The Kier molecular flexibility index (Phi) is 4.01.